The fraction of sp³-hybridized carbons (Fsp3) is 0.929. The van der Waals surface area contributed by atoms with Crippen LogP contribution in [-0.4, -0.2) is 44.7 Å². The van der Waals surface area contributed by atoms with Crippen LogP contribution in [0, 0.1) is 10.8 Å². The zero-order valence-electron chi connectivity index (χ0n) is 23.3. The minimum absolute atomic E-state index is 0.324. The van der Waals surface area contributed by atoms with Crippen molar-refractivity contribution in [2.45, 2.75) is 156 Å². The summed E-state index contributed by atoms with van der Waals surface area (Å²) in [6.07, 6.45) is 17.8. The minimum atomic E-state index is -0.675. The Morgan fingerprint density at radius 3 is 1.21 bits per heavy atom. The van der Waals surface area contributed by atoms with Crippen LogP contribution in [0.5, 0.6) is 0 Å². The zero-order valence-corrected chi connectivity index (χ0v) is 26.6. The summed E-state index contributed by atoms with van der Waals surface area (Å²) in [5, 5.41) is 16.7. The van der Waals surface area contributed by atoms with E-state index >= 15 is 0 Å². The Balaban J connectivity index is -0.000000414. The third kappa shape index (κ3) is 49.8. The number of aliphatic carboxylic acids is 2. The van der Waals surface area contributed by atoms with E-state index in [4.69, 9.17) is 10.2 Å². The van der Waals surface area contributed by atoms with Crippen LogP contribution in [-0.2, 0) is 9.59 Å². The second-order valence-corrected chi connectivity index (χ2v) is 13.2. The van der Waals surface area contributed by atoms with Crippen molar-refractivity contribution in [3.63, 3.8) is 0 Å². The van der Waals surface area contributed by atoms with Gasteiger partial charge in [0.15, 0.2) is 0 Å². The molecule has 2 N–H and O–H groups in total. The zero-order chi connectivity index (χ0) is 26.2. The van der Waals surface area contributed by atoms with Crippen LogP contribution < -0.4 is 0 Å². The summed E-state index contributed by atoms with van der Waals surface area (Å²) in [7, 11) is 0. The van der Waals surface area contributed by atoms with Crippen LogP contribution in [0.3, 0.4) is 0 Å². The normalized spacial score (nSPS) is 11.2. The molecular formula is C28H58O4Sn. The van der Waals surface area contributed by atoms with Crippen LogP contribution in [0.1, 0.15) is 151 Å². The summed E-state index contributed by atoms with van der Waals surface area (Å²) in [6.45, 7) is 15.5. The Kier molecular flexibility index (Phi) is 28.1. The first-order chi connectivity index (χ1) is 15.2. The van der Waals surface area contributed by atoms with Gasteiger partial charge in [-0.2, -0.15) is 0 Å². The molecule has 198 valence electrons. The molecule has 0 aliphatic carbocycles. The predicted octanol–water partition coefficient (Wildman–Crippen LogP) is 8.80. The number of unbranched alkanes of at least 4 members (excludes halogenated alkanes) is 9. The van der Waals surface area contributed by atoms with Crippen molar-refractivity contribution in [1.29, 1.82) is 0 Å². The molecule has 0 spiro atoms. The topological polar surface area (TPSA) is 74.6 Å². The van der Waals surface area contributed by atoms with Gasteiger partial charge in [0.05, 0.1) is 0 Å². The van der Waals surface area contributed by atoms with Crippen molar-refractivity contribution < 1.29 is 19.8 Å². The van der Waals surface area contributed by atoms with Gasteiger partial charge < -0.3 is 10.2 Å². The maximum atomic E-state index is 10.2. The van der Waals surface area contributed by atoms with Crippen molar-refractivity contribution in [3.8, 4) is 0 Å². The third-order valence-electron chi connectivity index (χ3n) is 5.19. The van der Waals surface area contributed by atoms with E-state index < -0.39 is 11.9 Å². The predicted molar refractivity (Wildman–Crippen MR) is 146 cm³/mol. The van der Waals surface area contributed by atoms with Gasteiger partial charge in [0.1, 0.15) is 0 Å². The van der Waals surface area contributed by atoms with Gasteiger partial charge in [0.2, 0.25) is 0 Å². The Labute approximate surface area is 220 Å². The van der Waals surface area contributed by atoms with Crippen LogP contribution in [0.25, 0.3) is 0 Å². The SMILES string of the molecule is CC(C)(C)CCCCCC(=O)O.CC(C)(C)CCCCCC(=O)O.CCCCCCC[CH2][SnH]. The monoisotopic (exact) mass is 578 g/mol. The second-order valence-electron chi connectivity index (χ2n) is 11.6. The fourth-order valence-corrected chi connectivity index (χ4v) is 3.97. The number of hydrogen-bond acceptors (Lipinski definition) is 2. The standard InChI is InChI=1S/2C10H20O2.C8H17.Sn.H/c2*1-10(2,3)8-6-4-5-7-9(11)12;1-3-5-7-8-6-4-2;;/h2*4-8H2,1-3H3,(H,11,12);1,3-8H2,2H3;;. The molecule has 0 aromatic carbocycles. The Morgan fingerprint density at radius 2 is 0.909 bits per heavy atom. The van der Waals surface area contributed by atoms with Gasteiger partial charge in [-0.15, -0.1) is 0 Å². The van der Waals surface area contributed by atoms with Crippen LogP contribution in [0.4, 0.5) is 0 Å². The molecule has 0 amide bonds. The molecule has 0 aliphatic heterocycles. The van der Waals surface area contributed by atoms with Crippen molar-refractivity contribution in [2.24, 2.45) is 10.8 Å². The van der Waals surface area contributed by atoms with Crippen molar-refractivity contribution in [3.05, 3.63) is 0 Å². The molecule has 0 rings (SSSR count). The quantitative estimate of drug-likeness (QED) is 0.142. The number of hydrogen-bond donors (Lipinski definition) is 2. The van der Waals surface area contributed by atoms with Crippen molar-refractivity contribution >= 4 is 34.5 Å². The van der Waals surface area contributed by atoms with Gasteiger partial charge in [-0.25, -0.2) is 0 Å². The average molecular weight is 577 g/mol. The van der Waals surface area contributed by atoms with E-state index in [-0.39, 0.29) is 0 Å². The first kappa shape index (κ1) is 37.3. The molecule has 0 aromatic rings. The van der Waals surface area contributed by atoms with E-state index in [1.807, 2.05) is 0 Å². The fourth-order valence-electron chi connectivity index (χ4n) is 3.14. The van der Waals surface area contributed by atoms with Crippen molar-refractivity contribution in [2.75, 3.05) is 0 Å². The Hall–Kier alpha value is -0.261. The molecule has 0 heterocycles. The second kappa shape index (κ2) is 24.9. The number of rotatable bonds is 16. The summed E-state index contributed by atoms with van der Waals surface area (Å²) >= 11 is 1.46. The molecule has 0 aromatic heterocycles. The van der Waals surface area contributed by atoms with Crippen molar-refractivity contribution in [1.82, 2.24) is 0 Å². The Bertz CT molecular complexity index is 396. The number of carbonyl (C=O) groups is 2. The summed E-state index contributed by atoms with van der Waals surface area (Å²) in [5.74, 6) is -1.35. The van der Waals surface area contributed by atoms with E-state index in [2.05, 4.69) is 48.5 Å². The van der Waals surface area contributed by atoms with Gasteiger partial charge in [-0.3, -0.25) is 9.59 Å². The maximum absolute atomic E-state index is 10.2. The van der Waals surface area contributed by atoms with Crippen LogP contribution in [0.15, 0.2) is 0 Å². The van der Waals surface area contributed by atoms with E-state index in [1.165, 1.54) is 78.3 Å². The van der Waals surface area contributed by atoms with E-state index in [0.29, 0.717) is 23.7 Å². The molecule has 0 fully saturated rings. The van der Waals surface area contributed by atoms with E-state index in [1.54, 1.807) is 0 Å². The van der Waals surface area contributed by atoms with Crippen LogP contribution >= 0.6 is 0 Å². The molecule has 0 bridgehead atoms. The number of carboxylic acids is 2. The molecule has 0 unspecified atom stereocenters. The number of carboxylic acid groups (broad SMARTS) is 2. The molecule has 0 saturated heterocycles. The molecule has 33 heavy (non-hydrogen) atoms. The molecule has 4 nitrogen and oxygen atoms in total. The van der Waals surface area contributed by atoms with Gasteiger partial charge in [-0.05, 0) is 36.5 Å². The summed E-state index contributed by atoms with van der Waals surface area (Å²) in [5.41, 5.74) is 0.784. The first-order valence-electron chi connectivity index (χ1n) is 13.4. The molecule has 5 heteroatoms. The third-order valence-corrected chi connectivity index (χ3v) is 6.36. The summed E-state index contributed by atoms with van der Waals surface area (Å²) < 4.78 is 1.50. The first-order valence-corrected chi connectivity index (χ1v) is 15.7. The Morgan fingerprint density at radius 1 is 0.576 bits per heavy atom. The van der Waals surface area contributed by atoms with Gasteiger partial charge in [0, 0.05) is 12.8 Å². The van der Waals surface area contributed by atoms with Gasteiger partial charge in [0.25, 0.3) is 0 Å². The molecular weight excluding hydrogens is 519 g/mol. The van der Waals surface area contributed by atoms with E-state index in [0.717, 1.165) is 38.5 Å². The van der Waals surface area contributed by atoms with E-state index in [9.17, 15) is 9.59 Å². The van der Waals surface area contributed by atoms with Crippen LogP contribution in [0.2, 0.25) is 4.44 Å². The molecule has 0 atom stereocenters. The molecule has 0 saturated carbocycles. The summed E-state index contributed by atoms with van der Waals surface area (Å²) in [6, 6.07) is 0. The average Bonchev–Trinajstić information content (AvgIpc) is 2.66. The van der Waals surface area contributed by atoms with Gasteiger partial charge in [-0.1, -0.05) is 67.2 Å². The van der Waals surface area contributed by atoms with Gasteiger partial charge >= 0.3 is 84.3 Å². The molecule has 2 radical (unpaired) electrons. The summed E-state index contributed by atoms with van der Waals surface area (Å²) in [4.78, 5) is 20.3. The molecule has 0 aliphatic rings.